The van der Waals surface area contributed by atoms with Gasteiger partial charge in [-0.25, -0.2) is 0 Å². The first kappa shape index (κ1) is 19.1. The summed E-state index contributed by atoms with van der Waals surface area (Å²) in [5.41, 5.74) is -0.671. The summed E-state index contributed by atoms with van der Waals surface area (Å²) in [6.45, 7) is 1.37. The summed E-state index contributed by atoms with van der Waals surface area (Å²) in [4.78, 5) is 14.1. The van der Waals surface area contributed by atoms with Crippen LogP contribution in [0.4, 0.5) is 0 Å². The van der Waals surface area contributed by atoms with Crippen LogP contribution in [0.5, 0.6) is 11.5 Å². The Morgan fingerprint density at radius 2 is 1.88 bits per heavy atom. The number of benzene rings is 1. The van der Waals surface area contributed by atoms with Crippen molar-refractivity contribution in [1.82, 2.24) is 10.2 Å². The molecule has 0 spiro atoms. The molecular formula is C19H27N3O3. The average molecular weight is 345 g/mol. The summed E-state index contributed by atoms with van der Waals surface area (Å²) < 4.78 is 10.8. The number of hydrogen-bond donors (Lipinski definition) is 1. The molecule has 0 unspecified atom stereocenters. The second-order valence-electron chi connectivity index (χ2n) is 6.56. The van der Waals surface area contributed by atoms with Gasteiger partial charge in [0.25, 0.3) is 0 Å². The molecule has 2 rings (SSSR count). The largest absolute Gasteiger partial charge is 0.497 e. The summed E-state index contributed by atoms with van der Waals surface area (Å²) in [7, 11) is 3.50. The predicted molar refractivity (Wildman–Crippen MR) is 95.6 cm³/mol. The van der Waals surface area contributed by atoms with Crippen molar-refractivity contribution in [2.75, 3.05) is 33.9 Å². The molecule has 1 aromatic rings. The number of likely N-dealkylation sites (N-methyl/N-ethyl adjacent to an activating group) is 1. The van der Waals surface area contributed by atoms with Gasteiger partial charge in [0, 0.05) is 6.54 Å². The zero-order chi connectivity index (χ0) is 18.1. The Morgan fingerprint density at radius 1 is 1.24 bits per heavy atom. The minimum absolute atomic E-state index is 0.101. The molecule has 1 saturated carbocycles. The number of carbonyl (C=O) groups is 1. The smallest absolute Gasteiger partial charge is 0.235 e. The van der Waals surface area contributed by atoms with Crippen LogP contribution >= 0.6 is 0 Å². The van der Waals surface area contributed by atoms with E-state index in [1.54, 1.807) is 7.11 Å². The van der Waals surface area contributed by atoms with Crippen molar-refractivity contribution >= 4 is 5.91 Å². The highest BCUT2D eigenvalue weighted by atomic mass is 16.5. The average Bonchev–Trinajstić information content (AvgIpc) is 2.63. The lowest BCUT2D eigenvalue weighted by molar-refractivity contribution is -0.123. The molecule has 6 heteroatoms. The van der Waals surface area contributed by atoms with Crippen molar-refractivity contribution in [2.24, 2.45) is 0 Å². The number of ether oxygens (including phenoxy) is 2. The fourth-order valence-electron chi connectivity index (χ4n) is 3.04. The van der Waals surface area contributed by atoms with Gasteiger partial charge >= 0.3 is 0 Å². The third kappa shape index (κ3) is 5.95. The fourth-order valence-corrected chi connectivity index (χ4v) is 3.04. The van der Waals surface area contributed by atoms with Gasteiger partial charge in [0.05, 0.1) is 19.7 Å². The molecule has 1 fully saturated rings. The number of methoxy groups -OCH3 is 1. The van der Waals surface area contributed by atoms with Crippen LogP contribution in [-0.2, 0) is 4.79 Å². The van der Waals surface area contributed by atoms with Crippen LogP contribution in [0.15, 0.2) is 24.3 Å². The Hall–Kier alpha value is -2.26. The highest BCUT2D eigenvalue weighted by molar-refractivity contribution is 5.79. The molecule has 0 heterocycles. The van der Waals surface area contributed by atoms with Gasteiger partial charge in [-0.3, -0.25) is 9.69 Å². The highest BCUT2D eigenvalue weighted by Gasteiger charge is 2.33. The lowest BCUT2D eigenvalue weighted by Gasteiger charge is -2.32. The Kier molecular flexibility index (Phi) is 7.08. The van der Waals surface area contributed by atoms with Gasteiger partial charge in [0.15, 0.2) is 0 Å². The van der Waals surface area contributed by atoms with E-state index in [-0.39, 0.29) is 12.5 Å². The zero-order valence-electron chi connectivity index (χ0n) is 15.1. The van der Waals surface area contributed by atoms with E-state index < -0.39 is 5.54 Å². The van der Waals surface area contributed by atoms with Crippen molar-refractivity contribution < 1.29 is 14.3 Å². The maximum absolute atomic E-state index is 12.2. The summed E-state index contributed by atoms with van der Waals surface area (Å²) in [5.74, 6) is 1.45. The van der Waals surface area contributed by atoms with E-state index in [9.17, 15) is 10.1 Å². The Bertz CT molecular complexity index is 589. The van der Waals surface area contributed by atoms with Gasteiger partial charge in [-0.05, 0) is 44.2 Å². The fraction of sp³-hybridized carbons (Fsp3) is 0.579. The summed E-state index contributed by atoms with van der Waals surface area (Å²) in [6.07, 6.45) is 4.64. The van der Waals surface area contributed by atoms with Gasteiger partial charge < -0.3 is 14.8 Å². The molecule has 1 N–H and O–H groups in total. The van der Waals surface area contributed by atoms with Crippen molar-refractivity contribution in [3.8, 4) is 17.6 Å². The molecule has 1 aliphatic rings. The van der Waals surface area contributed by atoms with E-state index in [1.165, 1.54) is 0 Å². The SMILES string of the molecule is COc1ccc(OCCN(C)CC(=O)NC2(C#N)CCCCC2)cc1. The molecule has 0 bridgehead atoms. The molecule has 1 aromatic carbocycles. The van der Waals surface area contributed by atoms with E-state index in [2.05, 4.69) is 11.4 Å². The quantitative estimate of drug-likeness (QED) is 0.783. The van der Waals surface area contributed by atoms with Crippen LogP contribution in [0, 0.1) is 11.3 Å². The maximum Gasteiger partial charge on any atom is 0.235 e. The van der Waals surface area contributed by atoms with Gasteiger partial charge in [-0.1, -0.05) is 19.3 Å². The second kappa shape index (κ2) is 9.28. The van der Waals surface area contributed by atoms with E-state index in [0.717, 1.165) is 43.6 Å². The van der Waals surface area contributed by atoms with Crippen LogP contribution in [0.1, 0.15) is 32.1 Å². The van der Waals surface area contributed by atoms with E-state index >= 15 is 0 Å². The molecule has 6 nitrogen and oxygen atoms in total. The molecule has 0 radical (unpaired) electrons. The third-order valence-corrected chi connectivity index (χ3v) is 4.51. The molecule has 0 aliphatic heterocycles. The molecule has 1 aliphatic carbocycles. The zero-order valence-corrected chi connectivity index (χ0v) is 15.1. The molecule has 0 saturated heterocycles. The molecule has 0 atom stereocenters. The first-order valence-electron chi connectivity index (χ1n) is 8.74. The van der Waals surface area contributed by atoms with Gasteiger partial charge in [0.2, 0.25) is 5.91 Å². The van der Waals surface area contributed by atoms with Crippen LogP contribution in [0.25, 0.3) is 0 Å². The molecular weight excluding hydrogens is 318 g/mol. The maximum atomic E-state index is 12.2. The normalized spacial score (nSPS) is 16.1. The lowest BCUT2D eigenvalue weighted by atomic mass is 9.83. The number of hydrogen-bond acceptors (Lipinski definition) is 5. The number of carbonyl (C=O) groups excluding carboxylic acids is 1. The first-order chi connectivity index (χ1) is 12.1. The van der Waals surface area contributed by atoms with E-state index in [4.69, 9.17) is 9.47 Å². The van der Waals surface area contributed by atoms with Crippen LogP contribution in [-0.4, -0.2) is 50.2 Å². The Labute approximate surface area is 149 Å². The number of nitrogens with zero attached hydrogens (tertiary/aromatic N) is 2. The topological polar surface area (TPSA) is 74.6 Å². The molecule has 136 valence electrons. The number of amides is 1. The molecule has 1 amide bonds. The van der Waals surface area contributed by atoms with Crippen molar-refractivity contribution in [3.05, 3.63) is 24.3 Å². The second-order valence-corrected chi connectivity index (χ2v) is 6.56. The third-order valence-electron chi connectivity index (χ3n) is 4.51. The Balaban J connectivity index is 1.71. The van der Waals surface area contributed by atoms with E-state index in [0.29, 0.717) is 13.2 Å². The standard InChI is InChI=1S/C19H27N3O3/c1-22(12-13-25-17-8-6-16(24-2)7-9-17)14-18(23)21-19(15-20)10-4-3-5-11-19/h6-9H,3-5,10-14H2,1-2H3,(H,21,23). The minimum Gasteiger partial charge on any atom is -0.497 e. The van der Waals surface area contributed by atoms with Crippen molar-refractivity contribution in [3.63, 3.8) is 0 Å². The minimum atomic E-state index is -0.671. The lowest BCUT2D eigenvalue weighted by Crippen LogP contribution is -2.51. The summed E-state index contributed by atoms with van der Waals surface area (Å²) >= 11 is 0. The summed E-state index contributed by atoms with van der Waals surface area (Å²) in [5, 5.41) is 12.4. The first-order valence-corrected chi connectivity index (χ1v) is 8.74. The van der Waals surface area contributed by atoms with E-state index in [1.807, 2.05) is 36.2 Å². The predicted octanol–water partition coefficient (Wildman–Crippen LogP) is 2.35. The van der Waals surface area contributed by atoms with Crippen LogP contribution < -0.4 is 14.8 Å². The number of nitriles is 1. The molecule has 25 heavy (non-hydrogen) atoms. The van der Waals surface area contributed by atoms with Gasteiger partial charge in [-0.2, -0.15) is 5.26 Å². The van der Waals surface area contributed by atoms with Gasteiger partial charge in [0.1, 0.15) is 23.6 Å². The highest BCUT2D eigenvalue weighted by Crippen LogP contribution is 2.27. The van der Waals surface area contributed by atoms with Crippen molar-refractivity contribution in [1.29, 1.82) is 5.26 Å². The van der Waals surface area contributed by atoms with Gasteiger partial charge in [-0.15, -0.1) is 0 Å². The number of rotatable bonds is 8. The van der Waals surface area contributed by atoms with Crippen molar-refractivity contribution in [2.45, 2.75) is 37.6 Å². The monoisotopic (exact) mass is 345 g/mol. The van der Waals surface area contributed by atoms with Crippen LogP contribution in [0.3, 0.4) is 0 Å². The summed E-state index contributed by atoms with van der Waals surface area (Å²) in [6, 6.07) is 9.71. The van der Waals surface area contributed by atoms with Crippen LogP contribution in [0.2, 0.25) is 0 Å². The Morgan fingerprint density at radius 3 is 2.48 bits per heavy atom. The molecule has 0 aromatic heterocycles. The number of nitrogens with one attached hydrogen (secondary N) is 1.